The minimum absolute atomic E-state index is 0.742. The number of hydrogen-bond acceptors (Lipinski definition) is 0. The van der Waals surface area contributed by atoms with Gasteiger partial charge in [-0.2, -0.15) is 0 Å². The molecule has 0 saturated heterocycles. The van der Waals surface area contributed by atoms with Crippen molar-refractivity contribution in [2.45, 2.75) is 86.5 Å². The van der Waals surface area contributed by atoms with Crippen LogP contribution in [-0.4, -0.2) is 18.4 Å². The molecule has 0 heterocycles. The van der Waals surface area contributed by atoms with E-state index in [0.717, 1.165) is 5.92 Å². The average Bonchev–Trinajstić information content (AvgIpc) is 2.37. The van der Waals surface area contributed by atoms with Crippen LogP contribution < -0.4 is 0 Å². The first-order chi connectivity index (χ1) is 8.60. The molecule has 0 aliphatic rings. The van der Waals surface area contributed by atoms with Gasteiger partial charge in [0.15, 0.2) is 0 Å². The Morgan fingerprint density at radius 1 is 0.778 bits per heavy atom. The average molecular weight is 359 g/mol. The van der Waals surface area contributed by atoms with Gasteiger partial charge in [-0.25, -0.2) is 0 Å². The van der Waals surface area contributed by atoms with Crippen molar-refractivity contribution in [1.82, 2.24) is 0 Å². The summed E-state index contributed by atoms with van der Waals surface area (Å²) < 4.78 is 7.61. The molecule has 0 spiro atoms. The van der Waals surface area contributed by atoms with Crippen molar-refractivity contribution < 1.29 is 0 Å². The number of hydrogen-bond donors (Lipinski definition) is 0. The Morgan fingerprint density at radius 3 is 1.44 bits per heavy atom. The van der Waals surface area contributed by atoms with Gasteiger partial charge in [0.05, 0.1) is 0 Å². The second kappa shape index (κ2) is 11.4. The molecule has 0 aliphatic carbocycles. The first kappa shape index (κ1) is 18.5. The van der Waals surface area contributed by atoms with E-state index in [1.807, 2.05) is 0 Å². The van der Waals surface area contributed by atoms with Gasteiger partial charge in [-0.1, -0.05) is 0 Å². The normalized spacial score (nSPS) is 12.8. The van der Waals surface area contributed by atoms with Crippen molar-refractivity contribution in [2.24, 2.45) is 5.92 Å². The molecule has 18 heavy (non-hydrogen) atoms. The van der Waals surface area contributed by atoms with E-state index in [-0.39, 0.29) is 0 Å². The molecule has 108 valence electrons. The van der Waals surface area contributed by atoms with Crippen molar-refractivity contribution in [3.8, 4) is 0 Å². The summed E-state index contributed by atoms with van der Waals surface area (Å²) in [7, 11) is 0. The Kier molecular flexibility index (Phi) is 11.7. The van der Waals surface area contributed by atoms with Gasteiger partial charge in [-0.05, 0) is 0 Å². The van der Waals surface area contributed by atoms with Crippen LogP contribution in [-0.2, 0) is 0 Å². The van der Waals surface area contributed by atoms with Gasteiger partial charge >= 0.3 is 121 Å². The summed E-state index contributed by atoms with van der Waals surface area (Å²) in [6.45, 7) is 11.7. The van der Waals surface area contributed by atoms with Crippen molar-refractivity contribution >= 4 is 18.4 Å². The van der Waals surface area contributed by atoms with E-state index >= 15 is 0 Å². The van der Waals surface area contributed by atoms with Gasteiger partial charge in [0.25, 0.3) is 0 Å². The fraction of sp³-hybridized carbons (Fsp3) is 0.882. The summed E-state index contributed by atoms with van der Waals surface area (Å²) in [6, 6.07) is 0. The predicted octanol–water partition coefficient (Wildman–Crippen LogP) is 6.59. The minimum atomic E-state index is -1.93. The molecular weight excluding hydrogens is 323 g/mol. The van der Waals surface area contributed by atoms with E-state index in [1.165, 1.54) is 38.5 Å². The van der Waals surface area contributed by atoms with Crippen LogP contribution in [0.5, 0.6) is 0 Å². The predicted molar refractivity (Wildman–Crippen MR) is 88.9 cm³/mol. The topological polar surface area (TPSA) is 0 Å². The summed E-state index contributed by atoms with van der Waals surface area (Å²) >= 11 is -1.93. The molecule has 0 nitrogen and oxygen atoms in total. The van der Waals surface area contributed by atoms with Crippen LogP contribution in [0, 0.1) is 5.92 Å². The fourth-order valence-electron chi connectivity index (χ4n) is 2.61. The van der Waals surface area contributed by atoms with Crippen molar-refractivity contribution in [1.29, 1.82) is 0 Å². The molecule has 0 amide bonds. The molecule has 0 saturated carbocycles. The Balaban J connectivity index is 4.72. The van der Waals surface area contributed by atoms with Crippen LogP contribution in [0.3, 0.4) is 0 Å². The molecule has 0 aromatic rings. The molecule has 0 aromatic heterocycles. The third-order valence-electron chi connectivity index (χ3n) is 3.92. The number of allylic oxidation sites excluding steroid dienone is 1. The molecule has 1 heteroatoms. The Labute approximate surface area is 121 Å². The molecule has 0 atom stereocenters. The van der Waals surface area contributed by atoms with Gasteiger partial charge in [0, 0.05) is 0 Å². The van der Waals surface area contributed by atoms with Gasteiger partial charge in [-0.3, -0.25) is 0 Å². The van der Waals surface area contributed by atoms with Crippen LogP contribution in [0.15, 0.2) is 10.2 Å². The van der Waals surface area contributed by atoms with Gasteiger partial charge < -0.3 is 0 Å². The Morgan fingerprint density at radius 2 is 1.17 bits per heavy atom. The third kappa shape index (κ3) is 8.61. The van der Waals surface area contributed by atoms with Crippen LogP contribution in [0.1, 0.15) is 73.1 Å². The van der Waals surface area contributed by atoms with E-state index in [4.69, 9.17) is 0 Å². The maximum absolute atomic E-state index is 2.79. The Hall–Kier alpha value is 0.539. The van der Waals surface area contributed by atoms with Gasteiger partial charge in [0.1, 0.15) is 0 Å². The number of unbranched alkanes of at least 4 members (excludes halogenated alkanes) is 3. The van der Waals surface area contributed by atoms with E-state index in [1.54, 1.807) is 13.3 Å². The molecular formula is C17H36Sn. The van der Waals surface area contributed by atoms with Crippen LogP contribution in [0.4, 0.5) is 0 Å². The fourth-order valence-corrected chi connectivity index (χ4v) is 17.5. The molecule has 0 aromatic carbocycles. The maximum atomic E-state index is 2.79. The zero-order valence-electron chi connectivity index (χ0n) is 13.6. The second-order valence-corrected chi connectivity index (χ2v) is 19.3. The summed E-state index contributed by atoms with van der Waals surface area (Å²) in [5.74, 6) is 0.742. The molecule has 0 unspecified atom stereocenters. The SMILES string of the molecule is CCC[CH2][Sn](/[CH]=C/C(C)C)([CH2]CCC)[CH2]CCC. The van der Waals surface area contributed by atoms with Crippen LogP contribution in [0.2, 0.25) is 13.3 Å². The first-order valence-electron chi connectivity index (χ1n) is 8.29. The van der Waals surface area contributed by atoms with Crippen molar-refractivity contribution in [3.05, 3.63) is 10.2 Å². The van der Waals surface area contributed by atoms with E-state index in [9.17, 15) is 0 Å². The zero-order chi connectivity index (χ0) is 13.9. The molecule has 0 fully saturated rings. The number of rotatable bonds is 11. The summed E-state index contributed by atoms with van der Waals surface area (Å²) in [4.78, 5) is 0. The van der Waals surface area contributed by atoms with Gasteiger partial charge in [-0.15, -0.1) is 0 Å². The standard InChI is InChI=1S/C5H9.3C4H9.Sn/c1-4-5(2)3;3*1-3-4-2;/h1,4-5H,2-3H3;3*1,3-4H2,2H3;. The van der Waals surface area contributed by atoms with Crippen molar-refractivity contribution in [2.75, 3.05) is 0 Å². The zero-order valence-corrected chi connectivity index (χ0v) is 16.5. The molecule has 0 radical (unpaired) electrons. The van der Waals surface area contributed by atoms with Crippen molar-refractivity contribution in [3.63, 3.8) is 0 Å². The molecule has 0 bridgehead atoms. The summed E-state index contributed by atoms with van der Waals surface area (Å²) in [5, 5.41) is 0. The molecule has 0 aliphatic heterocycles. The van der Waals surface area contributed by atoms with E-state index in [0.29, 0.717) is 0 Å². The van der Waals surface area contributed by atoms with E-state index in [2.05, 4.69) is 44.8 Å². The first-order valence-corrected chi connectivity index (χ1v) is 16.0. The quantitative estimate of drug-likeness (QED) is 0.365. The van der Waals surface area contributed by atoms with Crippen LogP contribution >= 0.6 is 0 Å². The van der Waals surface area contributed by atoms with Gasteiger partial charge in [0.2, 0.25) is 0 Å². The molecule has 0 rings (SSSR count). The second-order valence-electron chi connectivity index (χ2n) is 6.28. The summed E-state index contributed by atoms with van der Waals surface area (Å²) in [6.07, 6.45) is 11.1. The molecule has 0 N–H and O–H groups in total. The summed E-state index contributed by atoms with van der Waals surface area (Å²) in [5.41, 5.74) is 0. The van der Waals surface area contributed by atoms with E-state index < -0.39 is 18.4 Å². The van der Waals surface area contributed by atoms with Crippen LogP contribution in [0.25, 0.3) is 0 Å². The monoisotopic (exact) mass is 360 g/mol. The Bertz CT molecular complexity index is 184. The third-order valence-corrected chi connectivity index (χ3v) is 18.0.